The van der Waals surface area contributed by atoms with Gasteiger partial charge in [0.15, 0.2) is 0 Å². The Balaban J connectivity index is 1.70. The molecule has 0 aliphatic carbocycles. The molecule has 1 aromatic heterocycles. The molecular formula is C22H26N4O6. The first-order valence-electron chi connectivity index (χ1n) is 10.3. The van der Waals surface area contributed by atoms with Gasteiger partial charge in [0.2, 0.25) is 0 Å². The van der Waals surface area contributed by atoms with Crippen molar-refractivity contribution in [2.24, 2.45) is 5.73 Å². The summed E-state index contributed by atoms with van der Waals surface area (Å²) >= 11 is 0. The van der Waals surface area contributed by atoms with E-state index in [-0.39, 0.29) is 25.3 Å². The average Bonchev–Trinajstić information content (AvgIpc) is 3.30. The number of hydrogen-bond acceptors (Lipinski definition) is 6. The highest BCUT2D eigenvalue weighted by Gasteiger charge is 2.47. The molecule has 1 saturated heterocycles. The predicted octanol–water partition coefficient (Wildman–Crippen LogP) is 1.44. The normalized spacial score (nSPS) is 15.7. The van der Waals surface area contributed by atoms with Gasteiger partial charge in [-0.3, -0.25) is 19.8 Å². The molecule has 5 N–H and O–H groups in total. The number of nitrogens with one attached hydrogen (secondary N) is 2. The highest BCUT2D eigenvalue weighted by atomic mass is 16.5. The van der Waals surface area contributed by atoms with Crippen LogP contribution in [0.15, 0.2) is 47.1 Å². The van der Waals surface area contributed by atoms with E-state index >= 15 is 0 Å². The molecule has 32 heavy (non-hydrogen) atoms. The number of unbranched alkanes of at least 4 members (excludes halogenated alkanes) is 1. The Kier molecular flexibility index (Phi) is 7.14. The van der Waals surface area contributed by atoms with Gasteiger partial charge < -0.3 is 30.2 Å². The van der Waals surface area contributed by atoms with Crippen LogP contribution in [0, 0.1) is 5.41 Å². The second-order valence-electron chi connectivity index (χ2n) is 7.54. The van der Waals surface area contributed by atoms with Crippen LogP contribution in [0.4, 0.5) is 0 Å². The maximum Gasteiger partial charge on any atom is 0.312 e. The van der Waals surface area contributed by atoms with E-state index in [4.69, 9.17) is 20.3 Å². The van der Waals surface area contributed by atoms with Gasteiger partial charge in [-0.2, -0.15) is 0 Å². The summed E-state index contributed by atoms with van der Waals surface area (Å²) in [5, 5.41) is 19.5. The van der Waals surface area contributed by atoms with Gasteiger partial charge in [-0.25, -0.2) is 0 Å². The second-order valence-corrected chi connectivity index (χ2v) is 7.54. The molecule has 1 aliphatic rings. The molecule has 3 rings (SSSR count). The Morgan fingerprint density at radius 3 is 2.62 bits per heavy atom. The van der Waals surface area contributed by atoms with E-state index in [0.29, 0.717) is 42.9 Å². The molecule has 10 nitrogen and oxygen atoms in total. The number of nitrogens with zero attached hydrogens (tertiary/aromatic N) is 1. The first kappa shape index (κ1) is 22.9. The zero-order valence-electron chi connectivity index (χ0n) is 17.5. The van der Waals surface area contributed by atoms with Crippen molar-refractivity contribution in [3.8, 4) is 5.75 Å². The van der Waals surface area contributed by atoms with E-state index in [2.05, 4.69) is 5.32 Å². The van der Waals surface area contributed by atoms with Crippen molar-refractivity contribution in [3.05, 3.63) is 54.0 Å². The van der Waals surface area contributed by atoms with Crippen LogP contribution in [0.5, 0.6) is 5.75 Å². The fourth-order valence-electron chi connectivity index (χ4n) is 3.89. The standard InChI is InChI=1S/C22H26N4O6/c23-19(24)15-5-7-16(8-6-15)31-12-2-1-9-22(14-18(27)28,17-4-3-13-32-17)26-11-10-25-20(29)21(26)30/h3-8,13H,1-2,9-12,14H2,(H3,23,24)(H,25,29)(H,27,28). The molecule has 0 saturated carbocycles. The number of carboxylic acid groups (broad SMARTS) is 1. The molecule has 1 aromatic carbocycles. The van der Waals surface area contributed by atoms with Crippen molar-refractivity contribution in [1.29, 1.82) is 5.41 Å². The number of hydrogen-bond donors (Lipinski definition) is 4. The topological polar surface area (TPSA) is 159 Å². The number of rotatable bonds is 11. The fourth-order valence-corrected chi connectivity index (χ4v) is 3.89. The van der Waals surface area contributed by atoms with E-state index in [1.807, 2.05) is 0 Å². The van der Waals surface area contributed by atoms with Crippen molar-refractivity contribution >= 4 is 23.6 Å². The molecule has 0 bridgehead atoms. The third-order valence-electron chi connectivity index (χ3n) is 5.42. The Hall–Kier alpha value is -3.82. The number of amidine groups is 1. The quantitative estimate of drug-likeness (QED) is 0.177. The lowest BCUT2D eigenvalue weighted by Crippen LogP contribution is -2.60. The van der Waals surface area contributed by atoms with Crippen LogP contribution in [0.3, 0.4) is 0 Å². The first-order chi connectivity index (χ1) is 15.3. The monoisotopic (exact) mass is 442 g/mol. The summed E-state index contributed by atoms with van der Waals surface area (Å²) in [4.78, 5) is 37.7. The summed E-state index contributed by atoms with van der Waals surface area (Å²) in [6.07, 6.45) is 2.45. The first-order valence-corrected chi connectivity index (χ1v) is 10.3. The molecule has 2 amide bonds. The summed E-state index contributed by atoms with van der Waals surface area (Å²) in [7, 11) is 0. The Morgan fingerprint density at radius 2 is 2.00 bits per heavy atom. The van der Waals surface area contributed by atoms with Crippen molar-refractivity contribution in [2.75, 3.05) is 19.7 Å². The molecule has 1 unspecified atom stereocenters. The number of benzene rings is 1. The number of nitrogens with two attached hydrogens (primary N) is 1. The molecule has 170 valence electrons. The molecule has 0 radical (unpaired) electrons. The van der Waals surface area contributed by atoms with Crippen LogP contribution in [0.25, 0.3) is 0 Å². The molecule has 1 aliphatic heterocycles. The molecule has 1 fully saturated rings. The summed E-state index contributed by atoms with van der Waals surface area (Å²) in [6, 6.07) is 10.1. The second kappa shape index (κ2) is 9.99. The average molecular weight is 442 g/mol. The number of carboxylic acids is 1. The molecule has 2 heterocycles. The maximum absolute atomic E-state index is 12.6. The minimum Gasteiger partial charge on any atom is -0.494 e. The van der Waals surface area contributed by atoms with Crippen LogP contribution in [0.1, 0.15) is 37.0 Å². The van der Waals surface area contributed by atoms with Gasteiger partial charge in [0.05, 0.1) is 19.3 Å². The van der Waals surface area contributed by atoms with Crippen molar-refractivity contribution in [3.63, 3.8) is 0 Å². The third kappa shape index (κ3) is 5.08. The van der Waals surface area contributed by atoms with Gasteiger partial charge in [0, 0.05) is 18.7 Å². The summed E-state index contributed by atoms with van der Waals surface area (Å²) in [6.45, 7) is 0.804. The lowest BCUT2D eigenvalue weighted by Gasteiger charge is -2.43. The maximum atomic E-state index is 12.6. The lowest BCUT2D eigenvalue weighted by atomic mass is 9.83. The highest BCUT2D eigenvalue weighted by molar-refractivity contribution is 6.35. The number of aliphatic carboxylic acids is 1. The van der Waals surface area contributed by atoms with E-state index < -0.39 is 23.3 Å². The molecule has 10 heteroatoms. The number of nitrogen functional groups attached to an aromatic ring is 1. The minimum atomic E-state index is -1.27. The van der Waals surface area contributed by atoms with E-state index in [0.717, 1.165) is 0 Å². The zero-order chi connectivity index (χ0) is 23.1. The number of carbonyl (C=O) groups excluding carboxylic acids is 2. The fraction of sp³-hybridized carbons (Fsp3) is 0.364. The van der Waals surface area contributed by atoms with Gasteiger partial charge >= 0.3 is 17.8 Å². The summed E-state index contributed by atoms with van der Waals surface area (Å²) in [5.41, 5.74) is 4.77. The summed E-state index contributed by atoms with van der Waals surface area (Å²) < 4.78 is 11.3. The van der Waals surface area contributed by atoms with Crippen LogP contribution < -0.4 is 15.8 Å². The minimum absolute atomic E-state index is 0.0230. The van der Waals surface area contributed by atoms with Crippen LogP contribution in [-0.2, 0) is 19.9 Å². The van der Waals surface area contributed by atoms with E-state index in [9.17, 15) is 19.5 Å². The number of ether oxygens (including phenoxy) is 1. The van der Waals surface area contributed by atoms with Crippen LogP contribution in [-0.4, -0.2) is 53.3 Å². The number of piperazine rings is 1. The number of furan rings is 1. The molecule has 0 spiro atoms. The Bertz CT molecular complexity index is 973. The van der Waals surface area contributed by atoms with Gasteiger partial charge in [-0.1, -0.05) is 0 Å². The van der Waals surface area contributed by atoms with Gasteiger partial charge in [0.1, 0.15) is 22.9 Å². The SMILES string of the molecule is N=C(N)c1ccc(OCCCCC(CC(=O)O)(c2ccco2)N2CCNC(=O)C2=O)cc1. The largest absolute Gasteiger partial charge is 0.494 e. The van der Waals surface area contributed by atoms with Crippen molar-refractivity contribution < 1.29 is 28.6 Å². The Morgan fingerprint density at radius 1 is 1.25 bits per heavy atom. The van der Waals surface area contributed by atoms with E-state index in [1.54, 1.807) is 36.4 Å². The smallest absolute Gasteiger partial charge is 0.312 e. The predicted molar refractivity (Wildman–Crippen MR) is 114 cm³/mol. The summed E-state index contributed by atoms with van der Waals surface area (Å²) in [5.74, 6) is -1.68. The zero-order valence-corrected chi connectivity index (χ0v) is 17.5. The van der Waals surface area contributed by atoms with Crippen molar-refractivity contribution in [2.45, 2.75) is 31.2 Å². The van der Waals surface area contributed by atoms with Gasteiger partial charge in [-0.15, -0.1) is 0 Å². The third-order valence-corrected chi connectivity index (χ3v) is 5.42. The van der Waals surface area contributed by atoms with Gasteiger partial charge in [0.25, 0.3) is 0 Å². The van der Waals surface area contributed by atoms with Crippen molar-refractivity contribution in [1.82, 2.24) is 10.2 Å². The molecule has 1 atom stereocenters. The Labute approximate surface area is 184 Å². The van der Waals surface area contributed by atoms with Crippen LogP contribution >= 0.6 is 0 Å². The lowest BCUT2D eigenvalue weighted by molar-refractivity contribution is -0.157. The molecular weight excluding hydrogens is 416 g/mol. The van der Waals surface area contributed by atoms with E-state index in [1.165, 1.54) is 11.2 Å². The number of amides is 2. The number of carbonyl (C=O) groups is 3. The molecule has 2 aromatic rings. The highest BCUT2D eigenvalue weighted by Crippen LogP contribution is 2.38. The van der Waals surface area contributed by atoms with Crippen LogP contribution in [0.2, 0.25) is 0 Å². The van der Waals surface area contributed by atoms with Gasteiger partial charge in [-0.05, 0) is 55.7 Å².